The molecular weight excluding hydrogens is 460 g/mol. The maximum Gasteiger partial charge on any atom is 0.274 e. The van der Waals surface area contributed by atoms with Gasteiger partial charge in [0.25, 0.3) is 11.8 Å². The largest absolute Gasteiger partial charge is 0.503 e. The van der Waals surface area contributed by atoms with Gasteiger partial charge in [-0.3, -0.25) is 14.4 Å². The summed E-state index contributed by atoms with van der Waals surface area (Å²) >= 11 is 5.56. The second-order valence-corrected chi connectivity index (χ2v) is 8.31. The van der Waals surface area contributed by atoms with Gasteiger partial charge in [0.1, 0.15) is 22.2 Å². The van der Waals surface area contributed by atoms with Crippen molar-refractivity contribution in [1.29, 1.82) is 0 Å². The van der Waals surface area contributed by atoms with Crippen molar-refractivity contribution in [2.75, 3.05) is 19.8 Å². The zero-order valence-corrected chi connectivity index (χ0v) is 18.5. The molecule has 2 aliphatic heterocycles. The predicted molar refractivity (Wildman–Crippen MR) is 114 cm³/mol. The molecule has 0 bridgehead atoms. The molecule has 3 heterocycles. The van der Waals surface area contributed by atoms with Crippen LogP contribution in [0.3, 0.4) is 0 Å². The molecule has 2 atom stereocenters. The van der Waals surface area contributed by atoms with Gasteiger partial charge in [-0.05, 0) is 25.8 Å². The summed E-state index contributed by atoms with van der Waals surface area (Å²) in [5.74, 6) is -4.17. The van der Waals surface area contributed by atoms with Crippen LogP contribution in [0.1, 0.15) is 52.2 Å². The first-order valence-electron chi connectivity index (χ1n) is 10.5. The van der Waals surface area contributed by atoms with Crippen molar-refractivity contribution in [3.63, 3.8) is 0 Å². The van der Waals surface area contributed by atoms with Crippen LogP contribution in [-0.2, 0) is 11.3 Å². The molecule has 1 fully saturated rings. The van der Waals surface area contributed by atoms with Crippen LogP contribution in [0.2, 0.25) is 5.02 Å². The van der Waals surface area contributed by atoms with E-state index in [2.05, 4.69) is 5.32 Å². The van der Waals surface area contributed by atoms with Crippen molar-refractivity contribution < 1.29 is 28.2 Å². The highest BCUT2D eigenvalue weighted by molar-refractivity contribution is 6.30. The summed E-state index contributed by atoms with van der Waals surface area (Å²) in [6.07, 6.45) is 2.57. The van der Waals surface area contributed by atoms with Gasteiger partial charge in [0.15, 0.2) is 11.4 Å². The first kappa shape index (κ1) is 23.2. The molecule has 1 aromatic carbocycles. The van der Waals surface area contributed by atoms with Crippen LogP contribution in [-0.4, -0.2) is 52.2 Å². The lowest BCUT2D eigenvalue weighted by molar-refractivity contribution is 0.0313. The van der Waals surface area contributed by atoms with Crippen molar-refractivity contribution in [3.8, 4) is 5.75 Å². The normalized spacial score (nSPS) is 20.1. The number of pyridine rings is 1. The van der Waals surface area contributed by atoms with E-state index >= 15 is 0 Å². The number of fused-ring (bicyclic) bond motifs is 3. The second kappa shape index (κ2) is 9.11. The summed E-state index contributed by atoms with van der Waals surface area (Å²) in [4.78, 5) is 40.2. The number of halogens is 3. The zero-order valence-electron chi connectivity index (χ0n) is 17.7. The van der Waals surface area contributed by atoms with E-state index in [1.807, 2.05) is 0 Å². The zero-order chi connectivity index (χ0) is 23.9. The Morgan fingerprint density at radius 3 is 2.79 bits per heavy atom. The van der Waals surface area contributed by atoms with E-state index in [1.165, 1.54) is 10.8 Å². The number of aromatic hydroxyl groups is 1. The number of nitrogens with zero attached hydrogens (tertiary/aromatic N) is 2. The number of nitrogens with one attached hydrogen (secondary N) is 1. The predicted octanol–water partition coefficient (Wildman–Crippen LogP) is 2.61. The van der Waals surface area contributed by atoms with Gasteiger partial charge < -0.3 is 24.6 Å². The smallest absolute Gasteiger partial charge is 0.274 e. The molecular formula is C22H22ClF2N3O5. The third-order valence-corrected chi connectivity index (χ3v) is 6.44. The maximum atomic E-state index is 14.1. The average Bonchev–Trinajstić information content (AvgIpc) is 3.05. The molecule has 8 nitrogen and oxygen atoms in total. The molecule has 2 amide bonds. The summed E-state index contributed by atoms with van der Waals surface area (Å²) in [5, 5.41) is 12.3. The van der Waals surface area contributed by atoms with Crippen LogP contribution in [0.25, 0.3) is 0 Å². The molecule has 0 spiro atoms. The van der Waals surface area contributed by atoms with E-state index in [9.17, 15) is 28.3 Å². The van der Waals surface area contributed by atoms with Gasteiger partial charge in [-0.25, -0.2) is 8.78 Å². The summed E-state index contributed by atoms with van der Waals surface area (Å²) in [7, 11) is 0. The van der Waals surface area contributed by atoms with E-state index in [1.54, 1.807) is 11.8 Å². The number of likely N-dealkylation sites (N-methyl/N-ethyl adjacent to an activating group) is 1. The molecule has 0 saturated carbocycles. The Labute approximate surface area is 192 Å². The highest BCUT2D eigenvalue weighted by Gasteiger charge is 2.42. The molecule has 2 aromatic rings. The molecule has 0 radical (unpaired) electrons. The first-order valence-corrected chi connectivity index (χ1v) is 10.9. The molecule has 0 aliphatic carbocycles. The van der Waals surface area contributed by atoms with Gasteiger partial charge in [0.05, 0.1) is 18.7 Å². The molecule has 11 heteroatoms. The van der Waals surface area contributed by atoms with Gasteiger partial charge in [-0.15, -0.1) is 0 Å². The fraction of sp³-hybridized carbons (Fsp3) is 0.409. The Hall–Kier alpha value is -2.98. The Morgan fingerprint density at radius 2 is 2.06 bits per heavy atom. The number of aromatic nitrogens is 1. The average molecular weight is 482 g/mol. The van der Waals surface area contributed by atoms with Crippen molar-refractivity contribution in [2.45, 2.75) is 38.4 Å². The van der Waals surface area contributed by atoms with E-state index in [0.717, 1.165) is 12.1 Å². The van der Waals surface area contributed by atoms with Gasteiger partial charge in [0.2, 0.25) is 5.43 Å². The topological polar surface area (TPSA) is 101 Å². The number of rotatable bonds is 4. The van der Waals surface area contributed by atoms with Crippen LogP contribution in [0.5, 0.6) is 5.75 Å². The number of ether oxygens (including phenoxy) is 1. The lowest BCUT2D eigenvalue weighted by Crippen LogP contribution is -2.53. The van der Waals surface area contributed by atoms with Crippen molar-refractivity contribution in [3.05, 3.63) is 62.0 Å². The van der Waals surface area contributed by atoms with Crippen molar-refractivity contribution in [2.24, 2.45) is 0 Å². The monoisotopic (exact) mass is 481 g/mol. The number of carbonyl (C=O) groups is 2. The Kier molecular flexibility index (Phi) is 6.40. The Balaban J connectivity index is 1.70. The summed E-state index contributed by atoms with van der Waals surface area (Å²) in [5.41, 5.74) is -1.65. The molecule has 176 valence electrons. The third kappa shape index (κ3) is 3.97. The number of carbonyl (C=O) groups excluding carboxylic acids is 2. The first-order chi connectivity index (χ1) is 15.8. The van der Waals surface area contributed by atoms with E-state index in [-0.39, 0.29) is 29.9 Å². The highest BCUT2D eigenvalue weighted by atomic mass is 35.5. The van der Waals surface area contributed by atoms with Gasteiger partial charge >= 0.3 is 0 Å². The molecule has 2 N–H and O–H groups in total. The van der Waals surface area contributed by atoms with E-state index in [4.69, 9.17) is 16.3 Å². The van der Waals surface area contributed by atoms with Gasteiger partial charge in [-0.1, -0.05) is 17.7 Å². The minimum Gasteiger partial charge on any atom is -0.503 e. The molecule has 1 aromatic heterocycles. The van der Waals surface area contributed by atoms with Crippen LogP contribution in [0.15, 0.2) is 23.1 Å². The number of amides is 2. The van der Waals surface area contributed by atoms with Crippen LogP contribution < -0.4 is 10.7 Å². The number of hydrogen-bond donors (Lipinski definition) is 2. The summed E-state index contributed by atoms with van der Waals surface area (Å²) in [6, 6.07) is 1.48. The lowest BCUT2D eigenvalue weighted by atomic mass is 9.97. The van der Waals surface area contributed by atoms with E-state index in [0.29, 0.717) is 32.6 Å². The molecule has 0 unspecified atom stereocenters. The van der Waals surface area contributed by atoms with E-state index < -0.39 is 45.2 Å². The fourth-order valence-electron chi connectivity index (χ4n) is 4.42. The molecule has 4 rings (SSSR count). The van der Waals surface area contributed by atoms with Gasteiger partial charge in [-0.2, -0.15) is 0 Å². The lowest BCUT2D eigenvalue weighted by Gasteiger charge is -2.42. The van der Waals surface area contributed by atoms with Crippen molar-refractivity contribution in [1.82, 2.24) is 14.8 Å². The summed E-state index contributed by atoms with van der Waals surface area (Å²) < 4.78 is 34.6. The number of benzene rings is 1. The van der Waals surface area contributed by atoms with Crippen molar-refractivity contribution >= 4 is 23.4 Å². The maximum absolute atomic E-state index is 14.1. The number of hydrogen-bond acceptors (Lipinski definition) is 5. The quantitative estimate of drug-likeness (QED) is 0.654. The highest BCUT2D eigenvalue weighted by Crippen LogP contribution is 2.35. The standard InChI is InChI=1S/C22H22ClF2N3O5/c1-2-27-15-10-33-7-3-4-14(15)28-9-12(19(29)20(30)18(28)22(27)32)21(31)26-8-11-5-6-13(24)16(23)17(11)25/h5-6,9,14-15,30H,2-4,7-8,10H2,1H3,(H,26,31)/t14-,15-/m1/s1. The Bertz CT molecular complexity index is 1190. The fourth-order valence-corrected chi connectivity index (χ4v) is 4.60. The SMILES string of the molecule is CCN1C(=O)c2c(O)c(=O)c(C(=O)NCc3ccc(F)c(Cl)c3F)cn2[C@@H]2CCCOC[C@H]21. The van der Waals surface area contributed by atoms with Crippen LogP contribution in [0.4, 0.5) is 8.78 Å². The molecule has 1 saturated heterocycles. The Morgan fingerprint density at radius 1 is 1.30 bits per heavy atom. The third-order valence-electron chi connectivity index (χ3n) is 6.09. The minimum absolute atomic E-state index is 0.0771. The second-order valence-electron chi connectivity index (χ2n) is 7.94. The van der Waals surface area contributed by atoms with Gasteiger partial charge in [0, 0.05) is 31.5 Å². The minimum atomic E-state index is -1.02. The van der Waals surface area contributed by atoms with Crippen LogP contribution in [0, 0.1) is 11.6 Å². The molecule has 2 aliphatic rings. The van der Waals surface area contributed by atoms with Crippen LogP contribution >= 0.6 is 11.6 Å². The molecule has 33 heavy (non-hydrogen) atoms. The summed E-state index contributed by atoms with van der Waals surface area (Å²) in [6.45, 7) is 2.61.